The highest BCUT2D eigenvalue weighted by molar-refractivity contribution is 5.89. The molecule has 112 valence electrons. The Kier molecular flexibility index (Phi) is 3.24. The van der Waals surface area contributed by atoms with E-state index in [1.807, 2.05) is 6.07 Å². The molecule has 4 heteroatoms. The molecular weight excluding hydrogens is 264 g/mol. The van der Waals surface area contributed by atoms with Gasteiger partial charge in [0.15, 0.2) is 11.4 Å². The van der Waals surface area contributed by atoms with Crippen molar-refractivity contribution in [3.05, 3.63) is 17.7 Å². The molecule has 0 amide bonds. The van der Waals surface area contributed by atoms with Crippen LogP contribution in [0.5, 0.6) is 5.75 Å². The highest BCUT2D eigenvalue weighted by atomic mass is 16.5. The van der Waals surface area contributed by atoms with E-state index in [9.17, 15) is 0 Å². The van der Waals surface area contributed by atoms with Gasteiger partial charge in [0.25, 0.3) is 0 Å². The minimum Gasteiger partial charge on any atom is -0.493 e. The smallest absolute Gasteiger partial charge is 0.174 e. The van der Waals surface area contributed by atoms with E-state index in [0.717, 1.165) is 23.3 Å². The van der Waals surface area contributed by atoms with Crippen LogP contribution in [-0.4, -0.2) is 11.8 Å². The van der Waals surface area contributed by atoms with Crippen LogP contribution in [0.2, 0.25) is 0 Å². The third-order valence-electron chi connectivity index (χ3n) is 4.85. The second-order valence-corrected chi connectivity index (χ2v) is 6.54. The number of ether oxygens (including phenoxy) is 1. The van der Waals surface area contributed by atoms with Gasteiger partial charge in [0, 0.05) is 6.07 Å². The molecule has 0 spiro atoms. The topological polar surface area (TPSA) is 61.3 Å². The fourth-order valence-corrected chi connectivity index (χ4v) is 3.40. The fraction of sp³-hybridized carbons (Fsp3) is 0.588. The second kappa shape index (κ2) is 5.24. The van der Waals surface area contributed by atoms with Crippen molar-refractivity contribution in [1.29, 1.82) is 0 Å². The monoisotopic (exact) mass is 286 g/mol. The summed E-state index contributed by atoms with van der Waals surface area (Å²) in [6.45, 7) is 0.828. The quantitative estimate of drug-likeness (QED) is 0.912. The van der Waals surface area contributed by atoms with Crippen LogP contribution in [0.4, 0.5) is 5.82 Å². The van der Waals surface area contributed by atoms with E-state index in [4.69, 9.17) is 15.0 Å². The highest BCUT2D eigenvalue weighted by Crippen LogP contribution is 2.46. The molecule has 1 heterocycles. The lowest BCUT2D eigenvalue weighted by atomic mass is 9.90. The minimum absolute atomic E-state index is 0.478. The van der Waals surface area contributed by atoms with Crippen LogP contribution < -0.4 is 10.5 Å². The summed E-state index contributed by atoms with van der Waals surface area (Å²) in [6.07, 6.45) is 9.18. The fourth-order valence-electron chi connectivity index (χ4n) is 3.40. The molecule has 2 fully saturated rings. The maximum Gasteiger partial charge on any atom is 0.174 e. The first kappa shape index (κ1) is 13.0. The molecule has 4 nitrogen and oxygen atoms in total. The zero-order valence-electron chi connectivity index (χ0n) is 12.3. The average Bonchev–Trinajstić information content (AvgIpc) is 3.30. The number of anilines is 1. The van der Waals surface area contributed by atoms with E-state index >= 15 is 0 Å². The van der Waals surface area contributed by atoms with Gasteiger partial charge in [-0.25, -0.2) is 0 Å². The first-order chi connectivity index (χ1) is 10.3. The van der Waals surface area contributed by atoms with Crippen molar-refractivity contribution < 1.29 is 9.26 Å². The molecule has 2 N–H and O–H groups in total. The predicted octanol–water partition coefficient (Wildman–Crippen LogP) is 4.25. The largest absolute Gasteiger partial charge is 0.493 e. The van der Waals surface area contributed by atoms with E-state index in [-0.39, 0.29) is 0 Å². The van der Waals surface area contributed by atoms with Crippen molar-refractivity contribution in [1.82, 2.24) is 5.16 Å². The Hall–Kier alpha value is -1.71. The maximum absolute atomic E-state index is 6.17. The van der Waals surface area contributed by atoms with Gasteiger partial charge in [0.05, 0.1) is 12.0 Å². The normalized spacial score (nSPS) is 20.0. The molecule has 2 aromatic rings. The Bertz CT molecular complexity index is 640. The summed E-state index contributed by atoms with van der Waals surface area (Å²) >= 11 is 0. The summed E-state index contributed by atoms with van der Waals surface area (Å²) in [4.78, 5) is 0. The zero-order chi connectivity index (χ0) is 14.2. The van der Waals surface area contributed by atoms with Gasteiger partial charge in [-0.3, -0.25) is 0 Å². The van der Waals surface area contributed by atoms with Gasteiger partial charge in [-0.1, -0.05) is 24.4 Å². The molecule has 2 aliphatic carbocycles. The second-order valence-electron chi connectivity index (χ2n) is 6.54. The van der Waals surface area contributed by atoms with Gasteiger partial charge in [-0.05, 0) is 49.1 Å². The van der Waals surface area contributed by atoms with Crippen LogP contribution in [-0.2, 0) is 0 Å². The summed E-state index contributed by atoms with van der Waals surface area (Å²) in [5.74, 6) is 2.80. The Morgan fingerprint density at radius 2 is 1.95 bits per heavy atom. The number of fused-ring (bicyclic) bond motifs is 1. The van der Waals surface area contributed by atoms with Gasteiger partial charge in [0.1, 0.15) is 5.75 Å². The SMILES string of the molecule is Nc1noc2cc(OCC3CCCCC3)c(C3CC3)cc12. The molecule has 2 aliphatic rings. The molecule has 0 bridgehead atoms. The van der Waals surface area contributed by atoms with Crippen molar-refractivity contribution in [2.24, 2.45) is 5.92 Å². The molecule has 1 aromatic carbocycles. The Morgan fingerprint density at radius 3 is 2.71 bits per heavy atom. The molecule has 0 saturated heterocycles. The van der Waals surface area contributed by atoms with Crippen LogP contribution >= 0.6 is 0 Å². The number of aromatic nitrogens is 1. The third kappa shape index (κ3) is 2.59. The van der Waals surface area contributed by atoms with Gasteiger partial charge in [0.2, 0.25) is 0 Å². The number of rotatable bonds is 4. The molecule has 21 heavy (non-hydrogen) atoms. The maximum atomic E-state index is 6.17. The van der Waals surface area contributed by atoms with Crippen molar-refractivity contribution in [3.8, 4) is 5.75 Å². The molecule has 1 aromatic heterocycles. The molecule has 0 atom stereocenters. The predicted molar refractivity (Wildman–Crippen MR) is 82.5 cm³/mol. The van der Waals surface area contributed by atoms with Gasteiger partial charge in [-0.15, -0.1) is 0 Å². The van der Waals surface area contributed by atoms with Crippen molar-refractivity contribution in [2.75, 3.05) is 12.3 Å². The van der Waals surface area contributed by atoms with E-state index in [1.165, 1.54) is 50.5 Å². The van der Waals surface area contributed by atoms with E-state index < -0.39 is 0 Å². The summed E-state index contributed by atoms with van der Waals surface area (Å²) < 4.78 is 11.4. The van der Waals surface area contributed by atoms with Crippen molar-refractivity contribution in [3.63, 3.8) is 0 Å². The molecule has 4 rings (SSSR count). The van der Waals surface area contributed by atoms with Crippen molar-refractivity contribution in [2.45, 2.75) is 50.9 Å². The molecule has 2 saturated carbocycles. The number of nitrogens with zero attached hydrogens (tertiary/aromatic N) is 1. The van der Waals surface area contributed by atoms with Crippen LogP contribution in [0.25, 0.3) is 11.0 Å². The lowest BCUT2D eigenvalue weighted by Crippen LogP contribution is -2.15. The highest BCUT2D eigenvalue weighted by Gasteiger charge is 2.28. The van der Waals surface area contributed by atoms with Crippen LogP contribution in [0.1, 0.15) is 56.4 Å². The summed E-state index contributed by atoms with van der Waals surface area (Å²) in [5, 5.41) is 4.77. The van der Waals surface area contributed by atoms with Crippen LogP contribution in [0.3, 0.4) is 0 Å². The summed E-state index contributed by atoms with van der Waals surface area (Å²) in [6, 6.07) is 4.10. The first-order valence-electron chi connectivity index (χ1n) is 8.13. The minimum atomic E-state index is 0.478. The van der Waals surface area contributed by atoms with E-state index in [1.54, 1.807) is 0 Å². The Morgan fingerprint density at radius 1 is 1.14 bits per heavy atom. The first-order valence-corrected chi connectivity index (χ1v) is 8.13. The number of nitrogen functional groups attached to an aromatic ring is 1. The summed E-state index contributed by atoms with van der Waals surface area (Å²) in [7, 11) is 0. The Balaban J connectivity index is 1.58. The lowest BCUT2D eigenvalue weighted by molar-refractivity contribution is 0.207. The van der Waals surface area contributed by atoms with Crippen LogP contribution in [0.15, 0.2) is 16.7 Å². The third-order valence-corrected chi connectivity index (χ3v) is 4.85. The molecule has 0 unspecified atom stereocenters. The molecular formula is C17H22N2O2. The molecule has 0 radical (unpaired) electrons. The van der Waals surface area contributed by atoms with E-state index in [2.05, 4.69) is 11.2 Å². The Labute approximate surface area is 124 Å². The van der Waals surface area contributed by atoms with Gasteiger partial charge in [-0.2, -0.15) is 0 Å². The van der Waals surface area contributed by atoms with E-state index in [0.29, 0.717) is 17.7 Å². The van der Waals surface area contributed by atoms with Gasteiger partial charge >= 0.3 is 0 Å². The van der Waals surface area contributed by atoms with Crippen molar-refractivity contribution >= 4 is 16.8 Å². The lowest BCUT2D eigenvalue weighted by Gasteiger charge is -2.22. The average molecular weight is 286 g/mol. The van der Waals surface area contributed by atoms with Crippen LogP contribution in [0, 0.1) is 5.92 Å². The number of nitrogens with two attached hydrogens (primary N) is 1. The zero-order valence-corrected chi connectivity index (χ0v) is 12.3. The number of hydrogen-bond acceptors (Lipinski definition) is 4. The standard InChI is InChI=1S/C17H22N2O2/c18-17-14-8-13(12-6-7-12)15(9-16(14)21-19-17)20-10-11-4-2-1-3-5-11/h8-9,11-12H,1-7,10H2,(H2,18,19). The number of hydrogen-bond donors (Lipinski definition) is 1. The molecule has 0 aliphatic heterocycles. The number of benzene rings is 1. The summed E-state index contributed by atoms with van der Waals surface area (Å²) in [5.41, 5.74) is 7.88. The van der Waals surface area contributed by atoms with Gasteiger partial charge < -0.3 is 15.0 Å².